The number of Topliss-reactive ketones (excluding diaryl/α,β-unsaturated/α-hetero) is 1. The van der Waals surface area contributed by atoms with Crippen molar-refractivity contribution in [2.24, 2.45) is 0 Å². The van der Waals surface area contributed by atoms with Crippen LogP contribution in [0.2, 0.25) is 0 Å². The third kappa shape index (κ3) is 2.66. The van der Waals surface area contributed by atoms with Crippen LogP contribution in [-0.4, -0.2) is 31.6 Å². The first-order valence-corrected chi connectivity index (χ1v) is 7.14. The molecule has 5 nitrogen and oxygen atoms in total. The summed E-state index contributed by atoms with van der Waals surface area (Å²) in [4.78, 5) is 36.6. The van der Waals surface area contributed by atoms with Crippen molar-refractivity contribution in [3.63, 3.8) is 0 Å². The number of hydrogen-bond donors (Lipinski definition) is 0. The smallest absolute Gasteiger partial charge is 0.190 e. The van der Waals surface area contributed by atoms with Gasteiger partial charge in [-0.15, -0.1) is 0 Å². The van der Waals surface area contributed by atoms with E-state index in [2.05, 4.69) is 0 Å². The monoisotopic (exact) mass is 302 g/mol. The van der Waals surface area contributed by atoms with E-state index >= 15 is 0 Å². The Morgan fingerprint density at radius 1 is 1.05 bits per heavy atom. The van der Waals surface area contributed by atoms with E-state index < -0.39 is 0 Å². The Morgan fingerprint density at radius 2 is 1.68 bits per heavy atom. The normalized spacial score (nSPS) is 13.0. The number of carbonyl (C=O) groups excluding carboxylic acids is 3. The first-order chi connectivity index (χ1) is 10.5. The summed E-state index contributed by atoms with van der Waals surface area (Å²) < 4.78 is 10.5. The molecule has 5 heteroatoms. The third-order valence-corrected chi connectivity index (χ3v) is 3.60. The van der Waals surface area contributed by atoms with Crippen molar-refractivity contribution in [3.8, 4) is 11.5 Å². The van der Waals surface area contributed by atoms with Gasteiger partial charge < -0.3 is 9.47 Å². The van der Waals surface area contributed by atoms with E-state index in [1.54, 1.807) is 0 Å². The molecule has 22 heavy (non-hydrogen) atoms. The largest absolute Gasteiger partial charge is 0.496 e. The van der Waals surface area contributed by atoms with Crippen molar-refractivity contribution < 1.29 is 23.9 Å². The zero-order valence-corrected chi connectivity index (χ0v) is 12.9. The van der Waals surface area contributed by atoms with Gasteiger partial charge in [0.1, 0.15) is 11.5 Å². The molecule has 0 fully saturated rings. The SMILES string of the molecule is CCCCC(=O)c1cc(OC)c2c(c1OC)C(=O)C=CC2=O. The summed E-state index contributed by atoms with van der Waals surface area (Å²) in [6.07, 6.45) is 4.37. The molecule has 2 rings (SSSR count). The van der Waals surface area contributed by atoms with Gasteiger partial charge in [-0.05, 0) is 24.6 Å². The van der Waals surface area contributed by atoms with Gasteiger partial charge in [-0.3, -0.25) is 14.4 Å². The molecule has 0 N–H and O–H groups in total. The van der Waals surface area contributed by atoms with Gasteiger partial charge in [-0.2, -0.15) is 0 Å². The van der Waals surface area contributed by atoms with E-state index in [9.17, 15) is 14.4 Å². The molecule has 0 heterocycles. The van der Waals surface area contributed by atoms with Crippen molar-refractivity contribution in [3.05, 3.63) is 34.9 Å². The molecule has 0 radical (unpaired) electrons. The highest BCUT2D eigenvalue weighted by Crippen LogP contribution is 2.38. The van der Waals surface area contributed by atoms with Gasteiger partial charge in [-0.25, -0.2) is 0 Å². The number of ketones is 3. The predicted octanol–water partition coefficient (Wildman–Crippen LogP) is 3.01. The molecule has 0 unspecified atom stereocenters. The van der Waals surface area contributed by atoms with Gasteiger partial charge in [0.15, 0.2) is 17.3 Å². The Bertz CT molecular complexity index is 670. The maximum atomic E-state index is 12.4. The molecule has 1 aromatic rings. The molecule has 0 amide bonds. The quantitative estimate of drug-likeness (QED) is 0.755. The summed E-state index contributed by atoms with van der Waals surface area (Å²) >= 11 is 0. The summed E-state index contributed by atoms with van der Waals surface area (Å²) in [5, 5.41) is 0. The Morgan fingerprint density at radius 3 is 2.23 bits per heavy atom. The Labute approximate surface area is 128 Å². The average Bonchev–Trinajstić information content (AvgIpc) is 2.54. The lowest BCUT2D eigenvalue weighted by Crippen LogP contribution is -2.17. The van der Waals surface area contributed by atoms with Crippen molar-refractivity contribution in [2.45, 2.75) is 26.2 Å². The summed E-state index contributed by atoms with van der Waals surface area (Å²) in [7, 11) is 2.78. The Balaban J connectivity index is 2.68. The molecular formula is C17H18O5. The van der Waals surface area contributed by atoms with Gasteiger partial charge in [0.25, 0.3) is 0 Å². The lowest BCUT2D eigenvalue weighted by molar-refractivity contribution is 0.0969. The minimum absolute atomic E-state index is 0.106. The molecule has 1 aromatic carbocycles. The average molecular weight is 302 g/mol. The van der Waals surface area contributed by atoms with E-state index in [4.69, 9.17) is 9.47 Å². The van der Waals surface area contributed by atoms with Crippen LogP contribution in [0.15, 0.2) is 18.2 Å². The molecule has 116 valence electrons. The molecule has 0 atom stereocenters. The standard InChI is InChI=1S/C17H18O5/c1-4-5-6-11(18)10-9-14(21-2)15-12(19)7-8-13(20)16(15)17(10)22-3/h7-9H,4-6H2,1-3H3. The van der Waals surface area contributed by atoms with Crippen LogP contribution in [0.4, 0.5) is 0 Å². The van der Waals surface area contributed by atoms with Gasteiger partial charge in [-0.1, -0.05) is 13.3 Å². The Kier molecular flexibility index (Phi) is 4.75. The zero-order valence-electron chi connectivity index (χ0n) is 12.9. The lowest BCUT2D eigenvalue weighted by Gasteiger charge is -2.19. The lowest BCUT2D eigenvalue weighted by atomic mass is 9.89. The second kappa shape index (κ2) is 6.56. The highest BCUT2D eigenvalue weighted by Gasteiger charge is 2.31. The molecule has 0 saturated carbocycles. The van der Waals surface area contributed by atoms with Crippen LogP contribution in [0.3, 0.4) is 0 Å². The van der Waals surface area contributed by atoms with E-state index in [-0.39, 0.29) is 45.5 Å². The molecule has 0 aliphatic heterocycles. The molecule has 0 bridgehead atoms. The van der Waals surface area contributed by atoms with Crippen molar-refractivity contribution in [2.75, 3.05) is 14.2 Å². The van der Waals surface area contributed by atoms with Crippen LogP contribution in [0, 0.1) is 0 Å². The van der Waals surface area contributed by atoms with E-state index in [1.807, 2.05) is 6.92 Å². The number of methoxy groups -OCH3 is 2. The maximum absolute atomic E-state index is 12.4. The number of fused-ring (bicyclic) bond motifs is 1. The fraction of sp³-hybridized carbons (Fsp3) is 0.353. The first kappa shape index (κ1) is 15.9. The topological polar surface area (TPSA) is 69.7 Å². The summed E-state index contributed by atoms with van der Waals surface area (Å²) in [6, 6.07) is 1.49. The second-order valence-electron chi connectivity index (χ2n) is 5.00. The van der Waals surface area contributed by atoms with E-state index in [0.29, 0.717) is 6.42 Å². The molecule has 0 aromatic heterocycles. The molecule has 1 aliphatic carbocycles. The highest BCUT2D eigenvalue weighted by molar-refractivity contribution is 6.25. The fourth-order valence-corrected chi connectivity index (χ4v) is 2.49. The molecule has 0 saturated heterocycles. The van der Waals surface area contributed by atoms with E-state index in [0.717, 1.165) is 12.8 Å². The minimum atomic E-state index is -0.366. The van der Waals surface area contributed by atoms with Crippen LogP contribution >= 0.6 is 0 Å². The third-order valence-electron chi connectivity index (χ3n) is 3.60. The van der Waals surface area contributed by atoms with Crippen LogP contribution in [0.1, 0.15) is 57.3 Å². The zero-order chi connectivity index (χ0) is 16.3. The molecular weight excluding hydrogens is 284 g/mol. The van der Waals surface area contributed by atoms with Gasteiger partial charge in [0.2, 0.25) is 0 Å². The number of hydrogen-bond acceptors (Lipinski definition) is 5. The van der Waals surface area contributed by atoms with Gasteiger partial charge in [0.05, 0.1) is 30.9 Å². The van der Waals surface area contributed by atoms with Crippen molar-refractivity contribution in [1.82, 2.24) is 0 Å². The van der Waals surface area contributed by atoms with Gasteiger partial charge >= 0.3 is 0 Å². The first-order valence-electron chi connectivity index (χ1n) is 7.14. The number of benzene rings is 1. The van der Waals surface area contributed by atoms with Crippen LogP contribution < -0.4 is 9.47 Å². The summed E-state index contributed by atoms with van der Waals surface area (Å²) in [5.41, 5.74) is 0.538. The fourth-order valence-electron chi connectivity index (χ4n) is 2.49. The number of unbranched alkanes of at least 4 members (excludes halogenated alkanes) is 1. The number of allylic oxidation sites excluding steroid dienone is 2. The summed E-state index contributed by atoms with van der Waals surface area (Å²) in [5.74, 6) is -0.459. The maximum Gasteiger partial charge on any atom is 0.190 e. The predicted molar refractivity (Wildman–Crippen MR) is 81.2 cm³/mol. The Hall–Kier alpha value is -2.43. The second-order valence-corrected chi connectivity index (χ2v) is 5.00. The minimum Gasteiger partial charge on any atom is -0.496 e. The van der Waals surface area contributed by atoms with Crippen molar-refractivity contribution >= 4 is 17.3 Å². The number of rotatable bonds is 6. The van der Waals surface area contributed by atoms with Crippen LogP contribution in [0.25, 0.3) is 0 Å². The summed E-state index contributed by atoms with van der Waals surface area (Å²) in [6.45, 7) is 1.99. The van der Waals surface area contributed by atoms with Crippen molar-refractivity contribution in [1.29, 1.82) is 0 Å². The molecule has 1 aliphatic rings. The van der Waals surface area contributed by atoms with Crippen LogP contribution in [-0.2, 0) is 0 Å². The number of carbonyl (C=O) groups is 3. The van der Waals surface area contributed by atoms with Gasteiger partial charge in [0, 0.05) is 6.42 Å². The van der Waals surface area contributed by atoms with Crippen LogP contribution in [0.5, 0.6) is 11.5 Å². The highest BCUT2D eigenvalue weighted by atomic mass is 16.5. The molecule has 0 spiro atoms. The number of ether oxygens (including phenoxy) is 2. The van der Waals surface area contributed by atoms with E-state index in [1.165, 1.54) is 32.4 Å².